The number of nitrogens with zero attached hydrogens (tertiary/aromatic N) is 4. The van der Waals surface area contributed by atoms with Crippen LogP contribution in [0.15, 0.2) is 24.3 Å². The molecular weight excluding hydrogens is 1020 g/mol. The molecule has 3 aromatic heterocycles. The molecule has 0 N–H and O–H groups in total. The van der Waals surface area contributed by atoms with Crippen molar-refractivity contribution in [1.82, 2.24) is 19.9 Å². The number of hydrogen-bond acceptors (Lipinski definition) is 2. The molecule has 0 aliphatic carbocycles. The van der Waals surface area contributed by atoms with Gasteiger partial charge in [0.15, 0.2) is 93.1 Å². The van der Waals surface area contributed by atoms with Gasteiger partial charge in [-0.05, 0) is 46.6 Å². The molecule has 351 valence electrons. The fourth-order valence-electron chi connectivity index (χ4n) is 7.41. The second-order valence-electron chi connectivity index (χ2n) is 14.1. The summed E-state index contributed by atoms with van der Waals surface area (Å²) in [7, 11) is 0. The van der Waals surface area contributed by atoms with E-state index in [2.05, 4.69) is 19.9 Å². The maximum atomic E-state index is 15.8. The van der Waals surface area contributed by atoms with Crippen LogP contribution < -0.4 is 9.97 Å². The summed E-state index contributed by atoms with van der Waals surface area (Å²) in [5, 5.41) is 0. The first kappa shape index (κ1) is 48.1. The Morgan fingerprint density at radius 1 is 0.217 bits per heavy atom. The molecule has 5 heterocycles. The van der Waals surface area contributed by atoms with Crippen LogP contribution in [0.3, 0.4) is 0 Å². The minimum absolute atomic E-state index is 0. The Morgan fingerprint density at radius 2 is 0.362 bits per heavy atom. The van der Waals surface area contributed by atoms with Crippen LogP contribution in [0, 0.1) is 116 Å². The van der Waals surface area contributed by atoms with Crippen molar-refractivity contribution in [3.63, 3.8) is 0 Å². The molecule has 4 aromatic carbocycles. The first-order chi connectivity index (χ1) is 32.1. The average molecular weight is 1030 g/mol. The van der Waals surface area contributed by atoms with Crippen molar-refractivity contribution < 1.29 is 105 Å². The van der Waals surface area contributed by atoms with Crippen molar-refractivity contribution in [2.24, 2.45) is 0 Å². The smallest absolute Gasteiger partial charge is 0.657 e. The summed E-state index contributed by atoms with van der Waals surface area (Å²) in [6.07, 6.45) is 2.26. The third-order valence-corrected chi connectivity index (χ3v) is 10.4. The van der Waals surface area contributed by atoms with Crippen LogP contribution in [0.5, 0.6) is 0 Å². The minimum atomic E-state index is -2.73. The first-order valence-corrected chi connectivity index (χ1v) is 18.2. The fourth-order valence-corrected chi connectivity index (χ4v) is 7.41. The van der Waals surface area contributed by atoms with Crippen molar-refractivity contribution in [1.29, 1.82) is 0 Å². The van der Waals surface area contributed by atoms with E-state index in [1.165, 1.54) is 0 Å². The van der Waals surface area contributed by atoms with Crippen molar-refractivity contribution in [3.8, 4) is 44.5 Å². The van der Waals surface area contributed by atoms with Gasteiger partial charge < -0.3 is 9.97 Å². The normalized spacial score (nSPS) is 12.1. The van der Waals surface area contributed by atoms with E-state index in [0.29, 0.717) is 48.6 Å². The summed E-state index contributed by atoms with van der Waals surface area (Å²) in [5.41, 5.74) is -21.6. The molecule has 0 atom stereocenters. The number of hydrogen-bond donors (Lipinski definition) is 0. The van der Waals surface area contributed by atoms with E-state index in [9.17, 15) is 52.7 Å². The summed E-state index contributed by atoms with van der Waals surface area (Å²) < 4.78 is 303. The Labute approximate surface area is 378 Å². The molecule has 0 amide bonds. The molecule has 1 radical (unpaired) electrons. The number of fused-ring (bicyclic) bond motifs is 8. The Morgan fingerprint density at radius 3 is 0.522 bits per heavy atom. The van der Waals surface area contributed by atoms with Crippen molar-refractivity contribution >= 4 is 46.4 Å². The number of rotatable bonds is 4. The van der Waals surface area contributed by atoms with Crippen LogP contribution in [0.4, 0.5) is 87.8 Å². The number of halogens is 20. The molecule has 8 bridgehead atoms. The van der Waals surface area contributed by atoms with Crippen LogP contribution >= 0.6 is 0 Å². The van der Waals surface area contributed by atoms with Gasteiger partial charge in [0.1, 0.15) is 0 Å². The number of benzene rings is 4. The third-order valence-electron chi connectivity index (χ3n) is 10.4. The molecule has 69 heavy (non-hydrogen) atoms. The Balaban J connectivity index is 0.00000642. The molecule has 25 heteroatoms. The summed E-state index contributed by atoms with van der Waals surface area (Å²) >= 11 is 0. The van der Waals surface area contributed by atoms with Gasteiger partial charge in [-0.25, -0.2) is 97.8 Å². The van der Waals surface area contributed by atoms with Gasteiger partial charge in [-0.15, -0.1) is 22.1 Å². The largest absolute Gasteiger partial charge is 2.00 e. The van der Waals surface area contributed by atoms with Gasteiger partial charge in [0, 0.05) is 0 Å². The molecule has 2 aliphatic heterocycles. The molecule has 0 spiro atoms. The van der Waals surface area contributed by atoms with Crippen LogP contribution in [0.25, 0.3) is 90.9 Å². The van der Waals surface area contributed by atoms with Gasteiger partial charge in [0.05, 0.1) is 45.0 Å². The van der Waals surface area contributed by atoms with E-state index in [4.69, 9.17) is 0 Å². The predicted molar refractivity (Wildman–Crippen MR) is 198 cm³/mol. The monoisotopic (exact) mass is 1030 g/mol. The Bertz CT molecular complexity index is 3120. The molecule has 0 saturated carbocycles. The molecular formula is C44H8F20MnN4. The quantitative estimate of drug-likeness (QED) is 0.0763. The topological polar surface area (TPSA) is 54.0 Å². The molecule has 4 nitrogen and oxygen atoms in total. The van der Waals surface area contributed by atoms with Crippen molar-refractivity contribution in [2.75, 3.05) is 0 Å². The SMILES string of the molecule is Fc1c(F)c(F)c(-c2c3nc(c(-c4c(F)c(F)c(F)c(F)c4F)c4ccc([n-]4)c(-c4c(F)c(F)c(F)c(F)c4F)c4nc(c(-c5c(F)c(F)c(F)c(F)c5F)c5ccc2[n-]5)C=C4)C=C3)c(F)c1F.[Mn+2]. The van der Waals surface area contributed by atoms with Gasteiger partial charge in [-0.3, -0.25) is 0 Å². The molecule has 0 unspecified atom stereocenters. The van der Waals surface area contributed by atoms with E-state index < -0.39 is 206 Å². The maximum absolute atomic E-state index is 15.8. The molecule has 2 aliphatic rings. The zero-order chi connectivity index (χ0) is 49.3. The zero-order valence-electron chi connectivity index (χ0n) is 32.3. The predicted octanol–water partition coefficient (Wildman–Crippen LogP) is 13.4. The van der Waals surface area contributed by atoms with Crippen LogP contribution in [0.2, 0.25) is 0 Å². The molecule has 0 saturated heterocycles. The van der Waals surface area contributed by atoms with Gasteiger partial charge in [-0.1, -0.05) is 24.3 Å². The van der Waals surface area contributed by atoms with Crippen molar-refractivity contribution in [3.05, 3.63) is 163 Å². The van der Waals surface area contributed by atoms with Gasteiger partial charge in [-0.2, -0.15) is 0 Å². The summed E-state index contributed by atoms with van der Waals surface area (Å²) in [5.74, 6) is -53.1. The second-order valence-corrected chi connectivity index (χ2v) is 14.1. The van der Waals surface area contributed by atoms with Crippen molar-refractivity contribution in [2.45, 2.75) is 0 Å². The maximum Gasteiger partial charge on any atom is 2.00 e. The molecule has 7 aromatic rings. The van der Waals surface area contributed by atoms with Crippen LogP contribution in [-0.2, 0) is 17.1 Å². The fraction of sp³-hybridized carbons (Fsp3) is 0. The van der Waals surface area contributed by atoms with E-state index in [1.54, 1.807) is 0 Å². The van der Waals surface area contributed by atoms with E-state index in [-0.39, 0.29) is 17.1 Å². The first-order valence-electron chi connectivity index (χ1n) is 18.2. The summed E-state index contributed by atoms with van der Waals surface area (Å²) in [4.78, 5) is 15.6. The molecule has 9 rings (SSSR count). The van der Waals surface area contributed by atoms with E-state index in [1.807, 2.05) is 0 Å². The van der Waals surface area contributed by atoms with E-state index >= 15 is 35.1 Å². The van der Waals surface area contributed by atoms with Crippen LogP contribution in [-0.4, -0.2) is 9.97 Å². The second kappa shape index (κ2) is 17.0. The molecule has 0 fully saturated rings. The van der Waals surface area contributed by atoms with Gasteiger partial charge in [0.25, 0.3) is 0 Å². The van der Waals surface area contributed by atoms with Crippen LogP contribution in [0.1, 0.15) is 22.8 Å². The number of aromatic nitrogens is 4. The average Bonchev–Trinajstić information content (AvgIpc) is 4.18. The van der Waals surface area contributed by atoms with Gasteiger partial charge >= 0.3 is 17.1 Å². The Hall–Kier alpha value is -7.40. The minimum Gasteiger partial charge on any atom is -0.657 e. The third kappa shape index (κ3) is 6.99. The summed E-state index contributed by atoms with van der Waals surface area (Å²) in [6, 6.07) is 2.26. The van der Waals surface area contributed by atoms with Gasteiger partial charge in [0.2, 0.25) is 23.3 Å². The Kier molecular flexibility index (Phi) is 11.8. The zero-order valence-corrected chi connectivity index (χ0v) is 33.5. The standard InChI is InChI=1S/C44H8F20N4.Mn/c45-25-21(26(46)34(54)41(61)33(25)53)17-9-1-2-10(65-9)18(22-27(47)35(55)42(62)36(56)28(22)48)12-5-6-14(67-12)20(24-31(51)39(59)44(64)40(60)32(24)52)16-8-7-15(68-16)19(13-4-3-11(17)66-13)23-29(49)37(57)43(63)38(58)30(23)50;/h1-8H;/q-2;+2. The summed E-state index contributed by atoms with van der Waals surface area (Å²) in [6.45, 7) is 0. The van der Waals surface area contributed by atoms with E-state index in [0.717, 1.165) is 0 Å².